The molecule has 0 fully saturated rings. The monoisotopic (exact) mass is 316 g/mol. The van der Waals surface area contributed by atoms with E-state index in [9.17, 15) is 18.7 Å². The number of amides is 1. The zero-order chi connectivity index (χ0) is 16.7. The fourth-order valence-electron chi connectivity index (χ4n) is 1.94. The third-order valence-electron chi connectivity index (χ3n) is 2.95. The van der Waals surface area contributed by atoms with Crippen LogP contribution >= 0.6 is 0 Å². The standard InChI is InChI=1S/C15H22F2N2O3/c1-10(2)19(8-11(3)20)9-14(21)18-12-6-4-5-7-13(12)22-15(16)17/h4-7,10-11,15,20H,8-9H2,1-3H3,(H,18,21). The van der Waals surface area contributed by atoms with Crippen LogP contribution in [0.2, 0.25) is 0 Å². The summed E-state index contributed by atoms with van der Waals surface area (Å²) in [5.74, 6) is -0.447. The SMILES string of the molecule is CC(O)CN(CC(=O)Nc1ccccc1OC(F)F)C(C)C. The van der Waals surface area contributed by atoms with E-state index in [1.54, 1.807) is 24.0 Å². The lowest BCUT2D eigenvalue weighted by Gasteiger charge is -2.27. The number of halogens is 2. The summed E-state index contributed by atoms with van der Waals surface area (Å²) in [4.78, 5) is 13.9. The van der Waals surface area contributed by atoms with Gasteiger partial charge in [-0.1, -0.05) is 12.1 Å². The molecule has 1 amide bonds. The van der Waals surface area contributed by atoms with E-state index in [1.807, 2.05) is 13.8 Å². The van der Waals surface area contributed by atoms with Gasteiger partial charge >= 0.3 is 6.61 Å². The van der Waals surface area contributed by atoms with Crippen molar-refractivity contribution in [1.82, 2.24) is 4.90 Å². The number of carbonyl (C=O) groups excluding carboxylic acids is 1. The molecule has 0 saturated carbocycles. The Morgan fingerprint density at radius 2 is 1.95 bits per heavy atom. The molecule has 1 aromatic rings. The Balaban J connectivity index is 2.71. The zero-order valence-electron chi connectivity index (χ0n) is 12.9. The molecule has 0 saturated heterocycles. The minimum atomic E-state index is -2.96. The highest BCUT2D eigenvalue weighted by Crippen LogP contribution is 2.25. The summed E-state index contributed by atoms with van der Waals surface area (Å²) in [6, 6.07) is 6.07. The first-order valence-corrected chi connectivity index (χ1v) is 7.05. The van der Waals surface area contributed by atoms with Gasteiger partial charge < -0.3 is 15.2 Å². The van der Waals surface area contributed by atoms with Crippen molar-refractivity contribution in [1.29, 1.82) is 0 Å². The second kappa shape index (κ2) is 8.65. The summed E-state index contributed by atoms with van der Waals surface area (Å²) in [5.41, 5.74) is 0.188. The number of alkyl halides is 2. The number of carbonyl (C=O) groups is 1. The van der Waals surface area contributed by atoms with Crippen molar-refractivity contribution in [2.75, 3.05) is 18.4 Å². The molecule has 0 aromatic heterocycles. The van der Waals surface area contributed by atoms with Gasteiger partial charge in [-0.3, -0.25) is 9.69 Å². The predicted octanol–water partition coefficient (Wildman–Crippen LogP) is 2.32. The van der Waals surface area contributed by atoms with E-state index in [2.05, 4.69) is 10.1 Å². The van der Waals surface area contributed by atoms with Gasteiger partial charge in [-0.2, -0.15) is 8.78 Å². The molecule has 0 aliphatic rings. The van der Waals surface area contributed by atoms with E-state index in [0.29, 0.717) is 6.54 Å². The molecule has 124 valence electrons. The minimum absolute atomic E-state index is 0.0472. The van der Waals surface area contributed by atoms with Crippen LogP contribution in [-0.4, -0.2) is 47.8 Å². The number of anilines is 1. The molecule has 2 N–H and O–H groups in total. The van der Waals surface area contributed by atoms with Gasteiger partial charge in [-0.25, -0.2) is 0 Å². The van der Waals surface area contributed by atoms with Crippen LogP contribution in [0.5, 0.6) is 5.75 Å². The lowest BCUT2D eigenvalue weighted by molar-refractivity contribution is -0.118. The number of benzene rings is 1. The van der Waals surface area contributed by atoms with Crippen LogP contribution in [0.1, 0.15) is 20.8 Å². The maximum absolute atomic E-state index is 12.3. The van der Waals surface area contributed by atoms with Crippen molar-refractivity contribution < 1.29 is 23.4 Å². The van der Waals surface area contributed by atoms with Crippen molar-refractivity contribution in [2.24, 2.45) is 0 Å². The number of aliphatic hydroxyl groups is 1. The highest BCUT2D eigenvalue weighted by Gasteiger charge is 2.17. The molecule has 1 unspecified atom stereocenters. The van der Waals surface area contributed by atoms with Crippen molar-refractivity contribution in [3.8, 4) is 5.75 Å². The van der Waals surface area contributed by atoms with Crippen molar-refractivity contribution >= 4 is 11.6 Å². The number of hydrogen-bond donors (Lipinski definition) is 2. The van der Waals surface area contributed by atoms with Gasteiger partial charge in [0.25, 0.3) is 0 Å². The molecule has 0 aliphatic carbocycles. The summed E-state index contributed by atoms with van der Waals surface area (Å²) in [7, 11) is 0. The van der Waals surface area contributed by atoms with E-state index in [0.717, 1.165) is 0 Å². The number of rotatable bonds is 8. The number of hydrogen-bond acceptors (Lipinski definition) is 4. The molecule has 22 heavy (non-hydrogen) atoms. The molecule has 1 rings (SSSR count). The lowest BCUT2D eigenvalue weighted by atomic mass is 10.2. The summed E-state index contributed by atoms with van der Waals surface area (Å²) in [5, 5.41) is 12.0. The Morgan fingerprint density at radius 3 is 2.50 bits per heavy atom. The highest BCUT2D eigenvalue weighted by atomic mass is 19.3. The smallest absolute Gasteiger partial charge is 0.387 e. The molecule has 0 spiro atoms. The molecule has 0 aliphatic heterocycles. The van der Waals surface area contributed by atoms with Gasteiger partial charge in [0.05, 0.1) is 18.3 Å². The van der Waals surface area contributed by atoms with Gasteiger partial charge in [0.2, 0.25) is 5.91 Å². The number of para-hydroxylation sites is 2. The molecule has 0 radical (unpaired) electrons. The van der Waals surface area contributed by atoms with Gasteiger partial charge in [0.1, 0.15) is 5.75 Å². The fourth-order valence-corrected chi connectivity index (χ4v) is 1.94. The molecule has 0 heterocycles. The van der Waals surface area contributed by atoms with E-state index >= 15 is 0 Å². The largest absolute Gasteiger partial charge is 0.433 e. The van der Waals surface area contributed by atoms with Crippen LogP contribution in [0, 0.1) is 0 Å². The van der Waals surface area contributed by atoms with Gasteiger partial charge in [-0.05, 0) is 32.9 Å². The maximum atomic E-state index is 12.3. The summed E-state index contributed by atoms with van der Waals surface area (Å²) in [6.45, 7) is 2.89. The fraction of sp³-hybridized carbons (Fsp3) is 0.533. The van der Waals surface area contributed by atoms with Crippen molar-refractivity contribution in [2.45, 2.75) is 39.5 Å². The van der Waals surface area contributed by atoms with E-state index < -0.39 is 12.7 Å². The van der Waals surface area contributed by atoms with Crippen LogP contribution in [0.3, 0.4) is 0 Å². The molecular formula is C15H22F2N2O3. The van der Waals surface area contributed by atoms with Crippen LogP contribution in [0.15, 0.2) is 24.3 Å². The predicted molar refractivity (Wildman–Crippen MR) is 80.1 cm³/mol. The van der Waals surface area contributed by atoms with Gasteiger partial charge in [0.15, 0.2) is 0 Å². The first kappa shape index (κ1) is 18.3. The summed E-state index contributed by atoms with van der Waals surface area (Å²) >= 11 is 0. The zero-order valence-corrected chi connectivity index (χ0v) is 12.9. The Labute approximate surface area is 128 Å². The Bertz CT molecular complexity index is 482. The third-order valence-corrected chi connectivity index (χ3v) is 2.95. The van der Waals surface area contributed by atoms with Crippen LogP contribution in [0.25, 0.3) is 0 Å². The number of aliphatic hydroxyl groups excluding tert-OH is 1. The Morgan fingerprint density at radius 1 is 1.32 bits per heavy atom. The number of nitrogens with one attached hydrogen (secondary N) is 1. The minimum Gasteiger partial charge on any atom is -0.433 e. The van der Waals surface area contributed by atoms with E-state index in [4.69, 9.17) is 0 Å². The summed E-state index contributed by atoms with van der Waals surface area (Å²) < 4.78 is 29.0. The normalized spacial score (nSPS) is 12.8. The van der Waals surface area contributed by atoms with Crippen molar-refractivity contribution in [3.05, 3.63) is 24.3 Å². The molecule has 1 aromatic carbocycles. The third kappa shape index (κ3) is 6.36. The van der Waals surface area contributed by atoms with Crippen LogP contribution < -0.4 is 10.1 Å². The first-order valence-electron chi connectivity index (χ1n) is 7.05. The second-order valence-electron chi connectivity index (χ2n) is 5.30. The molecule has 7 heteroatoms. The quantitative estimate of drug-likeness (QED) is 0.773. The maximum Gasteiger partial charge on any atom is 0.387 e. The van der Waals surface area contributed by atoms with Gasteiger partial charge in [0, 0.05) is 12.6 Å². The second-order valence-corrected chi connectivity index (χ2v) is 5.30. The number of ether oxygens (including phenoxy) is 1. The molecular weight excluding hydrogens is 294 g/mol. The van der Waals surface area contributed by atoms with Crippen LogP contribution in [0.4, 0.5) is 14.5 Å². The van der Waals surface area contributed by atoms with E-state index in [1.165, 1.54) is 12.1 Å². The molecule has 5 nitrogen and oxygen atoms in total. The average Bonchev–Trinajstić information content (AvgIpc) is 2.39. The van der Waals surface area contributed by atoms with E-state index in [-0.39, 0.29) is 29.9 Å². The highest BCUT2D eigenvalue weighted by molar-refractivity contribution is 5.93. The van der Waals surface area contributed by atoms with Crippen molar-refractivity contribution in [3.63, 3.8) is 0 Å². The first-order chi connectivity index (χ1) is 10.3. The Kier molecular flexibility index (Phi) is 7.20. The molecule has 1 atom stereocenters. The number of nitrogens with zero attached hydrogens (tertiary/aromatic N) is 1. The lowest BCUT2D eigenvalue weighted by Crippen LogP contribution is -2.41. The topological polar surface area (TPSA) is 61.8 Å². The molecule has 0 bridgehead atoms. The van der Waals surface area contributed by atoms with Gasteiger partial charge in [-0.15, -0.1) is 0 Å². The summed E-state index contributed by atoms with van der Waals surface area (Å²) in [6.07, 6.45) is -0.565. The van der Waals surface area contributed by atoms with Crippen LogP contribution in [-0.2, 0) is 4.79 Å². The average molecular weight is 316 g/mol. The Hall–Kier alpha value is -1.73.